The van der Waals surface area contributed by atoms with Crippen molar-refractivity contribution in [1.29, 1.82) is 0 Å². The molecule has 134 valence electrons. The van der Waals surface area contributed by atoms with Gasteiger partial charge in [-0.05, 0) is 50.7 Å². The lowest BCUT2D eigenvalue weighted by atomic mass is 9.90. The van der Waals surface area contributed by atoms with Crippen LogP contribution in [0.2, 0.25) is 0 Å². The van der Waals surface area contributed by atoms with Crippen LogP contribution in [0.15, 0.2) is 6.07 Å². The van der Waals surface area contributed by atoms with Crippen LogP contribution in [0.3, 0.4) is 0 Å². The lowest BCUT2D eigenvalue weighted by Gasteiger charge is -2.16. The van der Waals surface area contributed by atoms with Crippen molar-refractivity contribution in [3.63, 3.8) is 0 Å². The van der Waals surface area contributed by atoms with Crippen LogP contribution >= 0.6 is 11.3 Å². The maximum atomic E-state index is 12.3. The van der Waals surface area contributed by atoms with E-state index in [1.165, 1.54) is 28.2 Å². The Balaban J connectivity index is 1.58. The number of carbonyl (C=O) groups excluding carboxylic acids is 2. The Morgan fingerprint density at radius 1 is 1.36 bits per heavy atom. The van der Waals surface area contributed by atoms with E-state index in [0.717, 1.165) is 29.8 Å². The molecule has 3 rings (SSSR count). The van der Waals surface area contributed by atoms with E-state index in [-0.39, 0.29) is 18.2 Å². The molecule has 2 aromatic rings. The first-order chi connectivity index (χ1) is 11.8. The fourth-order valence-corrected chi connectivity index (χ4v) is 4.39. The van der Waals surface area contributed by atoms with Crippen LogP contribution < -0.4 is 10.9 Å². The molecule has 0 aromatic carbocycles. The predicted octanol–water partition coefficient (Wildman–Crippen LogP) is 2.23. The summed E-state index contributed by atoms with van der Waals surface area (Å²) in [4.78, 5) is 26.4. The standard InChI is InChI=1S/C18H24N4O2S/c1-10-5-6-15-13(7-10)8-16(25-15)18(24)20-19-17(23)9-14-11(2)21-22(4)12(14)3/h8,10H,5-7,9H2,1-4H3,(H,19,23)(H,20,24)/t10-/m1/s1. The van der Waals surface area contributed by atoms with E-state index in [4.69, 9.17) is 0 Å². The van der Waals surface area contributed by atoms with Crippen molar-refractivity contribution in [2.45, 2.75) is 46.5 Å². The molecule has 0 spiro atoms. The van der Waals surface area contributed by atoms with E-state index in [1.54, 1.807) is 4.68 Å². The summed E-state index contributed by atoms with van der Waals surface area (Å²) in [6.45, 7) is 6.05. The molecular weight excluding hydrogens is 336 g/mol. The number of amides is 2. The first-order valence-corrected chi connectivity index (χ1v) is 9.36. The van der Waals surface area contributed by atoms with Crippen LogP contribution in [0.5, 0.6) is 0 Å². The molecule has 6 nitrogen and oxygen atoms in total. The Morgan fingerprint density at radius 2 is 2.12 bits per heavy atom. The van der Waals surface area contributed by atoms with Gasteiger partial charge < -0.3 is 0 Å². The van der Waals surface area contributed by atoms with Gasteiger partial charge in [-0.1, -0.05) is 6.92 Å². The van der Waals surface area contributed by atoms with Crippen molar-refractivity contribution in [3.8, 4) is 0 Å². The summed E-state index contributed by atoms with van der Waals surface area (Å²) in [7, 11) is 1.85. The average Bonchev–Trinajstić information content (AvgIpc) is 3.08. The fraction of sp³-hybridized carbons (Fsp3) is 0.500. The zero-order valence-corrected chi connectivity index (χ0v) is 15.9. The number of aryl methyl sites for hydroxylation is 3. The van der Waals surface area contributed by atoms with Gasteiger partial charge in [-0.2, -0.15) is 5.10 Å². The van der Waals surface area contributed by atoms with Crippen molar-refractivity contribution in [3.05, 3.63) is 38.3 Å². The number of hydrogen-bond acceptors (Lipinski definition) is 4. The summed E-state index contributed by atoms with van der Waals surface area (Å²) >= 11 is 1.53. The number of nitrogens with zero attached hydrogens (tertiary/aromatic N) is 2. The Morgan fingerprint density at radius 3 is 2.80 bits per heavy atom. The minimum atomic E-state index is -0.250. The highest BCUT2D eigenvalue weighted by atomic mass is 32.1. The van der Waals surface area contributed by atoms with Crippen molar-refractivity contribution in [2.75, 3.05) is 0 Å². The Kier molecular flexibility index (Phi) is 4.94. The molecule has 0 saturated heterocycles. The number of carbonyl (C=O) groups is 2. The van der Waals surface area contributed by atoms with Crippen molar-refractivity contribution in [2.24, 2.45) is 13.0 Å². The third-order valence-electron chi connectivity index (χ3n) is 4.86. The minimum absolute atomic E-state index is 0.199. The van der Waals surface area contributed by atoms with E-state index in [1.807, 2.05) is 27.0 Å². The lowest BCUT2D eigenvalue weighted by molar-refractivity contribution is -0.121. The molecule has 2 N–H and O–H groups in total. The first-order valence-electron chi connectivity index (χ1n) is 8.55. The summed E-state index contributed by atoms with van der Waals surface area (Å²) in [5, 5.41) is 4.30. The zero-order valence-electron chi connectivity index (χ0n) is 15.1. The molecule has 1 aliphatic rings. The van der Waals surface area contributed by atoms with Gasteiger partial charge in [0.2, 0.25) is 5.91 Å². The van der Waals surface area contributed by atoms with E-state index >= 15 is 0 Å². The van der Waals surface area contributed by atoms with Gasteiger partial charge in [0, 0.05) is 23.2 Å². The molecule has 25 heavy (non-hydrogen) atoms. The van der Waals surface area contributed by atoms with Gasteiger partial charge in [-0.15, -0.1) is 11.3 Å². The van der Waals surface area contributed by atoms with Gasteiger partial charge in [-0.25, -0.2) is 0 Å². The molecule has 0 bridgehead atoms. The predicted molar refractivity (Wildman–Crippen MR) is 97.5 cm³/mol. The fourth-order valence-electron chi connectivity index (χ4n) is 3.28. The second-order valence-electron chi connectivity index (χ2n) is 6.86. The van der Waals surface area contributed by atoms with Gasteiger partial charge >= 0.3 is 0 Å². The van der Waals surface area contributed by atoms with Crippen LogP contribution in [-0.4, -0.2) is 21.6 Å². The van der Waals surface area contributed by atoms with Crippen molar-refractivity contribution >= 4 is 23.2 Å². The number of thiophene rings is 1. The Labute approximate surface area is 151 Å². The second-order valence-corrected chi connectivity index (χ2v) is 8.00. The van der Waals surface area contributed by atoms with E-state index in [0.29, 0.717) is 10.8 Å². The van der Waals surface area contributed by atoms with Crippen LogP contribution in [-0.2, 0) is 31.1 Å². The third kappa shape index (κ3) is 3.76. The number of aromatic nitrogens is 2. The molecule has 0 fully saturated rings. The summed E-state index contributed by atoms with van der Waals surface area (Å²) < 4.78 is 1.76. The summed E-state index contributed by atoms with van der Waals surface area (Å²) in [5.41, 5.74) is 9.01. The minimum Gasteiger partial charge on any atom is -0.273 e. The van der Waals surface area contributed by atoms with E-state index in [9.17, 15) is 9.59 Å². The maximum Gasteiger partial charge on any atom is 0.279 e. The molecule has 1 atom stereocenters. The monoisotopic (exact) mass is 360 g/mol. The first kappa shape index (κ1) is 17.7. The Hall–Kier alpha value is -2.15. The molecule has 1 aliphatic carbocycles. The summed E-state index contributed by atoms with van der Waals surface area (Å²) in [6.07, 6.45) is 3.45. The number of nitrogens with one attached hydrogen (secondary N) is 2. The SMILES string of the molecule is Cc1nn(C)c(C)c1CC(=O)NNC(=O)c1cc2c(s1)CC[C@@H](C)C2. The van der Waals surface area contributed by atoms with E-state index in [2.05, 4.69) is 22.9 Å². The number of rotatable bonds is 3. The molecule has 0 radical (unpaired) electrons. The van der Waals surface area contributed by atoms with Gasteiger partial charge in [0.1, 0.15) is 0 Å². The third-order valence-corrected chi connectivity index (χ3v) is 6.10. The molecule has 7 heteroatoms. The quantitative estimate of drug-likeness (QED) is 0.824. The van der Waals surface area contributed by atoms with Gasteiger partial charge in [-0.3, -0.25) is 25.1 Å². The van der Waals surface area contributed by atoms with Gasteiger partial charge in [0.25, 0.3) is 5.91 Å². The number of hydrazine groups is 1. The Bertz CT molecular complexity index is 821. The zero-order chi connectivity index (χ0) is 18.1. The molecule has 2 aromatic heterocycles. The summed E-state index contributed by atoms with van der Waals surface area (Å²) in [5.74, 6) is 0.172. The largest absolute Gasteiger partial charge is 0.279 e. The number of fused-ring (bicyclic) bond motifs is 1. The van der Waals surface area contributed by atoms with Crippen LogP contribution in [0, 0.1) is 19.8 Å². The molecule has 0 aliphatic heterocycles. The van der Waals surface area contributed by atoms with Crippen LogP contribution in [0.25, 0.3) is 0 Å². The topological polar surface area (TPSA) is 76.0 Å². The maximum absolute atomic E-state index is 12.3. The van der Waals surface area contributed by atoms with Crippen molar-refractivity contribution < 1.29 is 9.59 Å². The summed E-state index contributed by atoms with van der Waals surface area (Å²) in [6, 6.07) is 1.96. The highest BCUT2D eigenvalue weighted by Gasteiger charge is 2.21. The average molecular weight is 360 g/mol. The molecule has 0 unspecified atom stereocenters. The molecule has 2 heterocycles. The van der Waals surface area contributed by atoms with Crippen molar-refractivity contribution in [1.82, 2.24) is 20.6 Å². The number of hydrogen-bond donors (Lipinski definition) is 2. The van der Waals surface area contributed by atoms with Crippen LogP contribution in [0.1, 0.15) is 50.4 Å². The normalized spacial score (nSPS) is 16.4. The lowest BCUT2D eigenvalue weighted by Crippen LogP contribution is -2.42. The second kappa shape index (κ2) is 7.00. The smallest absolute Gasteiger partial charge is 0.273 e. The highest BCUT2D eigenvalue weighted by molar-refractivity contribution is 7.14. The van der Waals surface area contributed by atoms with Gasteiger partial charge in [0.05, 0.1) is 17.0 Å². The van der Waals surface area contributed by atoms with E-state index < -0.39 is 0 Å². The molecular formula is C18H24N4O2S. The highest BCUT2D eigenvalue weighted by Crippen LogP contribution is 2.32. The van der Waals surface area contributed by atoms with Gasteiger partial charge in [0.15, 0.2) is 0 Å². The molecule has 2 amide bonds. The molecule has 0 saturated carbocycles. The van der Waals surface area contributed by atoms with Crippen LogP contribution in [0.4, 0.5) is 0 Å².